The number of para-hydroxylation sites is 1. The van der Waals surface area contributed by atoms with Gasteiger partial charge in [-0.25, -0.2) is 9.67 Å². The molecule has 130 valence electrons. The van der Waals surface area contributed by atoms with Crippen LogP contribution in [0, 0.1) is 6.92 Å². The molecule has 0 bridgehead atoms. The molecule has 27 heavy (non-hydrogen) atoms. The van der Waals surface area contributed by atoms with Crippen LogP contribution in [0.3, 0.4) is 0 Å². The summed E-state index contributed by atoms with van der Waals surface area (Å²) in [5.74, 6) is 0.457. The van der Waals surface area contributed by atoms with Crippen LogP contribution in [-0.2, 0) is 0 Å². The van der Waals surface area contributed by atoms with Crippen LogP contribution in [0.1, 0.15) is 5.69 Å². The van der Waals surface area contributed by atoms with Crippen molar-refractivity contribution in [1.82, 2.24) is 34.8 Å². The first-order valence-electron chi connectivity index (χ1n) is 8.56. The molecule has 0 amide bonds. The highest BCUT2D eigenvalue weighted by atomic mass is 15.5. The smallest absolute Gasteiger partial charge is 0.237 e. The van der Waals surface area contributed by atoms with Crippen LogP contribution in [0.5, 0.6) is 0 Å². The summed E-state index contributed by atoms with van der Waals surface area (Å²) in [7, 11) is 0. The summed E-state index contributed by atoms with van der Waals surface area (Å²) in [4.78, 5) is 4.59. The second kappa shape index (κ2) is 6.14. The van der Waals surface area contributed by atoms with E-state index in [2.05, 4.69) is 25.6 Å². The van der Waals surface area contributed by atoms with Gasteiger partial charge in [-0.15, -0.1) is 0 Å². The van der Waals surface area contributed by atoms with Crippen LogP contribution >= 0.6 is 0 Å². The molecular weight excluding hydrogens is 338 g/mol. The summed E-state index contributed by atoms with van der Waals surface area (Å²) in [6.45, 7) is 2.04. The quantitative estimate of drug-likeness (QED) is 0.497. The minimum absolute atomic E-state index is 0.457. The molecule has 0 aliphatic rings. The first-order chi connectivity index (χ1) is 13.3. The molecule has 7 nitrogen and oxygen atoms in total. The van der Waals surface area contributed by atoms with E-state index < -0.39 is 0 Å². The Balaban J connectivity index is 1.72. The van der Waals surface area contributed by atoms with Gasteiger partial charge in [0.1, 0.15) is 0 Å². The first kappa shape index (κ1) is 15.4. The van der Waals surface area contributed by atoms with E-state index >= 15 is 0 Å². The van der Waals surface area contributed by atoms with Crippen LogP contribution in [0.4, 0.5) is 0 Å². The summed E-state index contributed by atoms with van der Waals surface area (Å²) >= 11 is 0. The molecule has 0 saturated heterocycles. The zero-order valence-corrected chi connectivity index (χ0v) is 14.6. The summed E-state index contributed by atoms with van der Waals surface area (Å²) in [6, 6.07) is 22.0. The van der Waals surface area contributed by atoms with Gasteiger partial charge in [0.25, 0.3) is 5.78 Å². The fourth-order valence-electron chi connectivity index (χ4n) is 3.18. The Bertz CT molecular complexity index is 1220. The third kappa shape index (κ3) is 2.56. The minimum Gasteiger partial charge on any atom is -0.237 e. The van der Waals surface area contributed by atoms with Gasteiger partial charge in [-0.3, -0.25) is 0 Å². The fourth-order valence-corrected chi connectivity index (χ4v) is 3.18. The van der Waals surface area contributed by atoms with Crippen LogP contribution < -0.4 is 0 Å². The van der Waals surface area contributed by atoms with Gasteiger partial charge in [0.2, 0.25) is 0 Å². The molecule has 7 heteroatoms. The van der Waals surface area contributed by atoms with Gasteiger partial charge in [0.15, 0.2) is 0 Å². The monoisotopic (exact) mass is 353 g/mol. The molecule has 0 fully saturated rings. The minimum atomic E-state index is 0.457. The van der Waals surface area contributed by atoms with Gasteiger partial charge in [-0.1, -0.05) is 53.6 Å². The van der Waals surface area contributed by atoms with E-state index in [9.17, 15) is 0 Å². The van der Waals surface area contributed by atoms with Crippen LogP contribution in [0.15, 0.2) is 72.9 Å². The molecule has 0 N–H and O–H groups in total. The lowest BCUT2D eigenvalue weighted by atomic mass is 10.1. The molecule has 0 saturated carbocycles. The van der Waals surface area contributed by atoms with Gasteiger partial charge in [-0.05, 0) is 35.5 Å². The largest absolute Gasteiger partial charge is 0.274 e. The van der Waals surface area contributed by atoms with Crippen molar-refractivity contribution in [2.24, 2.45) is 0 Å². The van der Waals surface area contributed by atoms with Crippen molar-refractivity contribution in [2.45, 2.75) is 6.92 Å². The number of rotatable bonds is 3. The lowest BCUT2D eigenvalue weighted by molar-refractivity contribution is 0.824. The molecule has 5 aromatic rings. The second-order valence-corrected chi connectivity index (χ2v) is 6.17. The van der Waals surface area contributed by atoms with E-state index in [1.807, 2.05) is 84.5 Å². The highest BCUT2D eigenvalue weighted by Gasteiger charge is 2.17. The van der Waals surface area contributed by atoms with Gasteiger partial charge in [-0.2, -0.15) is 9.61 Å². The van der Waals surface area contributed by atoms with Crippen LogP contribution in [0.25, 0.3) is 34.0 Å². The van der Waals surface area contributed by atoms with Crippen molar-refractivity contribution in [3.63, 3.8) is 0 Å². The van der Waals surface area contributed by atoms with Crippen LogP contribution in [0.2, 0.25) is 0 Å². The third-order valence-corrected chi connectivity index (χ3v) is 4.53. The maximum Gasteiger partial charge on any atom is 0.274 e. The standard InChI is InChI=1S/C20H15N7/c1-14-17(13-21-26(14)16-10-6-3-7-11-16)19-12-18(15-8-4-2-5-9-15)22-20-23-24-25-27(19)20/h2-13H,1H3. The SMILES string of the molecule is Cc1c(-c2cc(-c3ccccc3)nc3nnnn23)cnn1-c1ccccc1. The number of benzene rings is 2. The molecule has 3 aromatic heterocycles. The molecular formula is C20H15N7. The maximum atomic E-state index is 4.59. The molecule has 0 spiro atoms. The molecule has 3 heterocycles. The summed E-state index contributed by atoms with van der Waals surface area (Å²) in [6.07, 6.45) is 1.84. The van der Waals surface area contributed by atoms with E-state index in [0.29, 0.717) is 5.78 Å². The van der Waals surface area contributed by atoms with E-state index in [4.69, 9.17) is 0 Å². The van der Waals surface area contributed by atoms with Crippen molar-refractivity contribution in [3.05, 3.63) is 78.6 Å². The Morgan fingerprint density at radius 2 is 1.63 bits per heavy atom. The third-order valence-electron chi connectivity index (χ3n) is 4.53. The van der Waals surface area contributed by atoms with Gasteiger partial charge in [0, 0.05) is 11.1 Å². The Labute approximate surface area is 154 Å². The fraction of sp³-hybridized carbons (Fsp3) is 0.0500. The zero-order valence-electron chi connectivity index (χ0n) is 14.6. The molecule has 0 aliphatic heterocycles. The zero-order chi connectivity index (χ0) is 18.2. The average Bonchev–Trinajstić information content (AvgIpc) is 3.35. The van der Waals surface area contributed by atoms with Crippen molar-refractivity contribution < 1.29 is 0 Å². The van der Waals surface area contributed by atoms with Crippen molar-refractivity contribution in [2.75, 3.05) is 0 Å². The molecule has 0 atom stereocenters. The number of fused-ring (bicyclic) bond motifs is 1. The number of hydrogen-bond acceptors (Lipinski definition) is 5. The summed E-state index contributed by atoms with van der Waals surface area (Å²) in [5.41, 5.74) is 5.64. The van der Waals surface area contributed by atoms with Crippen molar-refractivity contribution in [1.29, 1.82) is 0 Å². The number of tetrazole rings is 1. The van der Waals surface area contributed by atoms with Gasteiger partial charge in [0.05, 0.1) is 29.0 Å². The van der Waals surface area contributed by atoms with Gasteiger partial charge >= 0.3 is 0 Å². The molecule has 0 unspecified atom stereocenters. The van der Waals surface area contributed by atoms with E-state index in [1.165, 1.54) is 0 Å². The van der Waals surface area contributed by atoms with Crippen LogP contribution in [-0.4, -0.2) is 34.8 Å². The van der Waals surface area contributed by atoms with Crippen molar-refractivity contribution >= 4 is 5.78 Å². The van der Waals surface area contributed by atoms with E-state index in [-0.39, 0.29) is 0 Å². The molecule has 0 radical (unpaired) electrons. The lowest BCUT2D eigenvalue weighted by Gasteiger charge is -2.08. The topological polar surface area (TPSA) is 73.8 Å². The number of nitrogens with zero attached hydrogens (tertiary/aromatic N) is 7. The van der Waals surface area contributed by atoms with Crippen molar-refractivity contribution in [3.8, 4) is 28.2 Å². The second-order valence-electron chi connectivity index (χ2n) is 6.17. The number of hydrogen-bond donors (Lipinski definition) is 0. The van der Waals surface area contributed by atoms with Gasteiger partial charge < -0.3 is 0 Å². The predicted molar refractivity (Wildman–Crippen MR) is 101 cm³/mol. The summed E-state index contributed by atoms with van der Waals surface area (Å²) < 4.78 is 3.56. The lowest BCUT2D eigenvalue weighted by Crippen LogP contribution is -2.01. The molecule has 2 aromatic carbocycles. The summed E-state index contributed by atoms with van der Waals surface area (Å²) in [5, 5.41) is 16.5. The first-order valence-corrected chi connectivity index (χ1v) is 8.56. The van der Waals surface area contributed by atoms with E-state index in [0.717, 1.165) is 33.9 Å². The Morgan fingerprint density at radius 1 is 0.889 bits per heavy atom. The Morgan fingerprint density at radius 3 is 2.41 bits per heavy atom. The highest BCUT2D eigenvalue weighted by Crippen LogP contribution is 2.28. The molecule has 0 aliphatic carbocycles. The highest BCUT2D eigenvalue weighted by molar-refractivity contribution is 5.71. The molecule has 5 rings (SSSR count). The van der Waals surface area contributed by atoms with E-state index in [1.54, 1.807) is 4.52 Å². The maximum absolute atomic E-state index is 4.59. The Kier molecular flexibility index (Phi) is 3.50. The number of aromatic nitrogens is 7. The predicted octanol–water partition coefficient (Wildman–Crippen LogP) is 3.35. The average molecular weight is 353 g/mol. The Hall–Kier alpha value is -3.87. The normalized spacial score (nSPS) is 11.1.